The van der Waals surface area contributed by atoms with E-state index in [0.29, 0.717) is 6.42 Å². The smallest absolute Gasteiger partial charge is 0.394 e. The molecule has 12 heteroatoms. The molecule has 0 bridgehead atoms. The normalized spacial score (nSPS) is 14.3. The molecule has 0 aliphatic heterocycles. The van der Waals surface area contributed by atoms with Crippen molar-refractivity contribution >= 4 is 26.8 Å². The number of methoxy groups -OCH3 is 3. The van der Waals surface area contributed by atoms with E-state index in [2.05, 4.69) is 15.0 Å². The van der Waals surface area contributed by atoms with Gasteiger partial charge >= 0.3 is 14.7 Å². The summed E-state index contributed by atoms with van der Waals surface area (Å²) >= 11 is 0. The predicted molar refractivity (Wildman–Crippen MR) is 89.7 cm³/mol. The summed E-state index contributed by atoms with van der Waals surface area (Å²) in [6.07, 6.45) is 2.88. The average molecular weight is 389 g/mol. The molecule has 11 nitrogen and oxygen atoms in total. The highest BCUT2D eigenvalue weighted by molar-refractivity contribution is 6.66. The van der Waals surface area contributed by atoms with Gasteiger partial charge in [0.2, 0.25) is 18.2 Å². The van der Waals surface area contributed by atoms with Gasteiger partial charge in [-0.2, -0.15) is 0 Å². The molecule has 2 unspecified atom stereocenters. The number of hydrogen-bond acceptors (Lipinski definition) is 11. The third-order valence-corrected chi connectivity index (χ3v) is 5.89. The molecule has 0 radical (unpaired) electrons. The minimum Gasteiger partial charge on any atom is -0.394 e. The number of aliphatic imine (C=N–C) groups is 3. The van der Waals surface area contributed by atoms with Crippen molar-refractivity contribution in [2.24, 2.45) is 15.0 Å². The lowest BCUT2D eigenvalue weighted by Crippen LogP contribution is -2.53. The second-order valence-electron chi connectivity index (χ2n) is 5.03. The van der Waals surface area contributed by atoms with Crippen LogP contribution in [0.15, 0.2) is 15.0 Å². The molecular formula is C14H23N3O8Si. The van der Waals surface area contributed by atoms with Crippen molar-refractivity contribution < 1.29 is 37.4 Å². The van der Waals surface area contributed by atoms with Gasteiger partial charge in [-0.05, 0) is 13.0 Å². The number of isocyanates is 3. The lowest BCUT2D eigenvalue weighted by atomic mass is 10.4. The summed E-state index contributed by atoms with van der Waals surface area (Å²) in [4.78, 5) is 41.5. The fourth-order valence-electron chi connectivity index (χ4n) is 2.04. The fraction of sp³-hybridized carbons (Fsp3) is 0.786. The van der Waals surface area contributed by atoms with Gasteiger partial charge in [0.15, 0.2) is 0 Å². The first-order valence-corrected chi connectivity index (χ1v) is 10.1. The molecule has 0 rings (SSSR count). The van der Waals surface area contributed by atoms with Crippen molar-refractivity contribution in [3.05, 3.63) is 0 Å². The molecule has 0 fully saturated rings. The van der Waals surface area contributed by atoms with Crippen LogP contribution in [-0.4, -0.2) is 80.0 Å². The highest BCUT2D eigenvalue weighted by Gasteiger charge is 2.46. The Morgan fingerprint density at radius 1 is 1.00 bits per heavy atom. The SMILES string of the molecule is COC(OC)(OC)O[Si](C)(CC(CN=C=O)N=C=O)OCCCN=C=O. The van der Waals surface area contributed by atoms with Gasteiger partial charge < -0.3 is 23.1 Å². The Balaban J connectivity index is 5.35. The third kappa shape index (κ3) is 9.02. The van der Waals surface area contributed by atoms with E-state index >= 15 is 0 Å². The Hall–Kier alpha value is -1.84. The molecule has 0 aromatic rings. The minimum atomic E-state index is -3.14. The van der Waals surface area contributed by atoms with Gasteiger partial charge in [0, 0.05) is 34.0 Å². The first kappa shape index (κ1) is 24.2. The van der Waals surface area contributed by atoms with Crippen LogP contribution in [0.2, 0.25) is 12.6 Å². The Bertz CT molecular complexity index is 546. The van der Waals surface area contributed by atoms with Gasteiger partial charge in [-0.1, -0.05) is 0 Å². The molecular weight excluding hydrogens is 366 g/mol. The lowest BCUT2D eigenvalue weighted by molar-refractivity contribution is -0.456. The Morgan fingerprint density at radius 3 is 2.12 bits per heavy atom. The van der Waals surface area contributed by atoms with Gasteiger partial charge in [0.25, 0.3) is 0 Å². The molecule has 0 saturated heterocycles. The summed E-state index contributed by atoms with van der Waals surface area (Å²) < 4.78 is 27.1. The summed E-state index contributed by atoms with van der Waals surface area (Å²) in [5, 5.41) is 0. The molecule has 0 saturated carbocycles. The van der Waals surface area contributed by atoms with Crippen molar-refractivity contribution in [2.45, 2.75) is 31.2 Å². The van der Waals surface area contributed by atoms with Crippen LogP contribution in [0.1, 0.15) is 6.42 Å². The van der Waals surface area contributed by atoms with Crippen LogP contribution in [0.4, 0.5) is 0 Å². The zero-order chi connectivity index (χ0) is 19.9. The highest BCUT2D eigenvalue weighted by Crippen LogP contribution is 2.27. The van der Waals surface area contributed by atoms with Crippen LogP contribution in [0, 0.1) is 0 Å². The summed E-state index contributed by atoms with van der Waals surface area (Å²) in [7, 11) is 0.818. The topological polar surface area (TPSA) is 134 Å². The van der Waals surface area contributed by atoms with E-state index in [9.17, 15) is 14.4 Å². The van der Waals surface area contributed by atoms with Crippen LogP contribution in [-0.2, 0) is 37.4 Å². The van der Waals surface area contributed by atoms with Crippen LogP contribution in [0.25, 0.3) is 0 Å². The van der Waals surface area contributed by atoms with E-state index in [4.69, 9.17) is 23.1 Å². The molecule has 0 aromatic heterocycles. The number of hydrogen-bond donors (Lipinski definition) is 0. The van der Waals surface area contributed by atoms with Crippen molar-refractivity contribution in [3.63, 3.8) is 0 Å². The number of rotatable bonds is 15. The second kappa shape index (κ2) is 13.4. The number of ether oxygens (including phenoxy) is 3. The van der Waals surface area contributed by atoms with Gasteiger partial charge in [0.05, 0.1) is 19.1 Å². The zero-order valence-corrected chi connectivity index (χ0v) is 16.2. The van der Waals surface area contributed by atoms with Crippen LogP contribution < -0.4 is 0 Å². The van der Waals surface area contributed by atoms with Crippen molar-refractivity contribution in [3.8, 4) is 0 Å². The monoisotopic (exact) mass is 389 g/mol. The molecule has 0 aromatic carbocycles. The number of carbonyl (C=O) groups excluding carboxylic acids is 3. The summed E-state index contributed by atoms with van der Waals surface area (Å²) in [5.41, 5.74) is 0. The minimum absolute atomic E-state index is 0.0799. The maximum atomic E-state index is 10.6. The standard InChI is InChI=1S/C14H23N3O8Si/c1-21-14(22-2,23-3)25-26(4,24-7-5-6-15-10-18)9-13(17-12-20)8-16-11-19/h13H,5-9H2,1-4H3. The van der Waals surface area contributed by atoms with Crippen molar-refractivity contribution in [1.29, 1.82) is 0 Å². The summed E-state index contributed by atoms with van der Waals surface area (Å²) in [5.74, 6) is 0. The molecule has 0 N–H and O–H groups in total. The number of nitrogens with zero attached hydrogens (tertiary/aromatic N) is 3. The first-order chi connectivity index (χ1) is 12.4. The van der Waals surface area contributed by atoms with E-state index < -0.39 is 20.8 Å². The molecule has 0 aliphatic rings. The molecule has 0 amide bonds. The Kier molecular flexibility index (Phi) is 12.4. The van der Waals surface area contributed by atoms with E-state index in [-0.39, 0.29) is 25.7 Å². The van der Waals surface area contributed by atoms with Crippen LogP contribution in [0.3, 0.4) is 0 Å². The first-order valence-electron chi connectivity index (χ1n) is 7.58. The zero-order valence-electron chi connectivity index (χ0n) is 15.2. The van der Waals surface area contributed by atoms with Gasteiger partial charge in [-0.15, -0.1) is 0 Å². The quantitative estimate of drug-likeness (QED) is 0.129. The average Bonchev–Trinajstić information content (AvgIpc) is 2.64. The van der Waals surface area contributed by atoms with E-state index in [1.54, 1.807) is 6.55 Å². The maximum absolute atomic E-state index is 10.6. The van der Waals surface area contributed by atoms with Gasteiger partial charge in [0.1, 0.15) is 0 Å². The molecule has 0 heterocycles. The molecule has 26 heavy (non-hydrogen) atoms. The largest absolute Gasteiger partial charge is 0.403 e. The van der Waals surface area contributed by atoms with Gasteiger partial charge in [-0.3, -0.25) is 0 Å². The highest BCUT2D eigenvalue weighted by atomic mass is 28.4. The molecule has 0 spiro atoms. The summed E-state index contributed by atoms with van der Waals surface area (Å²) in [6.45, 7) is 2.04. The fourth-order valence-corrected chi connectivity index (χ4v) is 4.73. The van der Waals surface area contributed by atoms with Gasteiger partial charge in [-0.25, -0.2) is 29.4 Å². The van der Waals surface area contributed by atoms with Crippen molar-refractivity contribution in [1.82, 2.24) is 0 Å². The van der Waals surface area contributed by atoms with Crippen LogP contribution >= 0.6 is 0 Å². The maximum Gasteiger partial charge on any atom is 0.403 e. The van der Waals surface area contributed by atoms with E-state index in [0.717, 1.165) is 0 Å². The molecule has 146 valence electrons. The lowest BCUT2D eigenvalue weighted by Gasteiger charge is -2.37. The Morgan fingerprint density at radius 2 is 1.62 bits per heavy atom. The van der Waals surface area contributed by atoms with Crippen molar-refractivity contribution in [2.75, 3.05) is 41.0 Å². The Labute approximate surface area is 152 Å². The molecule has 0 aliphatic carbocycles. The molecule has 2 atom stereocenters. The van der Waals surface area contributed by atoms with E-state index in [1.165, 1.54) is 39.6 Å². The third-order valence-electron chi connectivity index (χ3n) is 3.19. The second-order valence-corrected chi connectivity index (χ2v) is 8.20. The van der Waals surface area contributed by atoms with E-state index in [1.807, 2.05) is 0 Å². The predicted octanol–water partition coefficient (Wildman–Crippen LogP) is 0.408. The summed E-state index contributed by atoms with van der Waals surface area (Å²) in [6, 6.07) is -0.579. The van der Waals surface area contributed by atoms with Crippen LogP contribution in [0.5, 0.6) is 0 Å².